The van der Waals surface area contributed by atoms with Crippen LogP contribution >= 0.6 is 23.3 Å². The van der Waals surface area contributed by atoms with Crippen molar-refractivity contribution < 1.29 is 4.79 Å². The summed E-state index contributed by atoms with van der Waals surface area (Å²) < 4.78 is 3.04. The molecule has 3 rings (SSSR count). The molecule has 0 radical (unpaired) electrons. The lowest BCUT2D eigenvalue weighted by atomic mass is 10.1. The Labute approximate surface area is 283 Å². The minimum absolute atomic E-state index is 0.0610. The second kappa shape index (κ2) is 26.1. The number of carbonyl (C=O) groups is 1. The highest BCUT2D eigenvalue weighted by Gasteiger charge is 2.09. The number of unbranched alkanes of at least 4 members (excludes halogenated alkanes) is 18. The number of amides is 1. The monoisotopic (exact) mass is 654 g/mol. The quantitative estimate of drug-likeness (QED) is 0.0772. The largest absolute Gasteiger partial charge is 0.352 e. The van der Waals surface area contributed by atoms with E-state index >= 15 is 0 Å². The first-order valence-corrected chi connectivity index (χ1v) is 20.1. The van der Waals surface area contributed by atoms with Crippen molar-refractivity contribution in [2.24, 2.45) is 0 Å². The number of benzene rings is 2. The molecule has 0 aliphatic rings. The summed E-state index contributed by atoms with van der Waals surface area (Å²) in [7, 11) is 0. The molecule has 0 fully saturated rings. The highest BCUT2D eigenvalue weighted by atomic mass is 32.2. The fourth-order valence-electron chi connectivity index (χ4n) is 5.65. The smallest absolute Gasteiger partial charge is 0.268 e. The third-order valence-electron chi connectivity index (χ3n) is 8.43. The van der Waals surface area contributed by atoms with Gasteiger partial charge in [-0.2, -0.15) is 0 Å². The molecule has 6 heteroatoms. The molecule has 0 saturated heterocycles. The zero-order chi connectivity index (χ0) is 32.4. The SMILES string of the molecule is CCCCCCCCCCCCNC(=O)c1ccccc1SC.CCCCCCCCCCCCn1sc2ccccc2c1=O. The number of thioether (sulfide) groups is 1. The third kappa shape index (κ3) is 16.9. The highest BCUT2D eigenvalue weighted by molar-refractivity contribution is 7.98. The van der Waals surface area contributed by atoms with Crippen molar-refractivity contribution in [1.82, 2.24) is 9.27 Å². The van der Waals surface area contributed by atoms with E-state index in [1.165, 1.54) is 116 Å². The molecule has 1 amide bonds. The van der Waals surface area contributed by atoms with Crippen LogP contribution in [-0.2, 0) is 6.54 Å². The topological polar surface area (TPSA) is 51.1 Å². The Kier molecular flexibility index (Phi) is 22.7. The molecule has 45 heavy (non-hydrogen) atoms. The number of carbonyl (C=O) groups excluding carboxylic acids is 1. The van der Waals surface area contributed by atoms with Crippen molar-refractivity contribution in [2.45, 2.75) is 154 Å². The third-order valence-corrected chi connectivity index (χ3v) is 10.4. The summed E-state index contributed by atoms with van der Waals surface area (Å²) in [5.74, 6) is 0.0610. The van der Waals surface area contributed by atoms with Crippen molar-refractivity contribution >= 4 is 39.3 Å². The maximum Gasteiger partial charge on any atom is 0.268 e. The van der Waals surface area contributed by atoms with E-state index in [9.17, 15) is 9.59 Å². The molecule has 2 aromatic carbocycles. The standard InChI is InChI=1S/C20H33NOS.C19H29NOS/c1-3-4-5-6-7-8-9-10-11-14-17-21-20(22)18-15-12-13-16-19(18)23-2;1-2-3-4-5-6-7-8-9-10-13-16-20-19(21)17-14-11-12-15-18(17)22-20/h12-13,15-16H,3-11,14,17H2,1-2H3,(H,21,22);11-12,14-15H,2-10,13,16H2,1H3. The summed E-state index contributed by atoms with van der Waals surface area (Å²) in [4.78, 5) is 25.4. The first-order chi connectivity index (χ1) is 22.1. The number of nitrogens with one attached hydrogen (secondary N) is 1. The lowest BCUT2D eigenvalue weighted by molar-refractivity contribution is 0.0950. The van der Waals surface area contributed by atoms with Crippen LogP contribution in [0, 0.1) is 0 Å². The molecule has 0 bridgehead atoms. The fraction of sp³-hybridized carbons (Fsp3) is 0.641. The van der Waals surface area contributed by atoms with Gasteiger partial charge >= 0.3 is 0 Å². The molecular weight excluding hydrogens is 593 g/mol. The number of aryl methyl sites for hydroxylation is 1. The van der Waals surface area contributed by atoms with Gasteiger partial charge in [-0.05, 0) is 43.4 Å². The van der Waals surface area contributed by atoms with Gasteiger partial charge in [0, 0.05) is 18.0 Å². The number of nitrogens with zero attached hydrogens (tertiary/aromatic N) is 1. The molecule has 0 spiro atoms. The van der Waals surface area contributed by atoms with Gasteiger partial charge in [0.05, 0.1) is 15.6 Å². The van der Waals surface area contributed by atoms with Crippen molar-refractivity contribution in [2.75, 3.05) is 12.8 Å². The number of aromatic nitrogens is 1. The first kappa shape index (κ1) is 39.1. The Hall–Kier alpha value is -2.05. The van der Waals surface area contributed by atoms with Crippen LogP contribution in [0.15, 0.2) is 58.2 Å². The molecular formula is C39H62N2O2S2. The molecule has 3 aromatic rings. The maximum absolute atomic E-state index is 12.2. The molecule has 1 aromatic heterocycles. The summed E-state index contributed by atoms with van der Waals surface area (Å²) in [6.07, 6.45) is 28.6. The van der Waals surface area contributed by atoms with Gasteiger partial charge in [-0.15, -0.1) is 11.8 Å². The van der Waals surface area contributed by atoms with E-state index in [2.05, 4.69) is 19.2 Å². The highest BCUT2D eigenvalue weighted by Crippen LogP contribution is 2.20. The molecule has 0 aliphatic heterocycles. The van der Waals surface area contributed by atoms with E-state index in [1.807, 2.05) is 58.7 Å². The van der Waals surface area contributed by atoms with Gasteiger partial charge in [-0.3, -0.25) is 13.5 Å². The fourth-order valence-corrected chi connectivity index (χ4v) is 7.28. The maximum atomic E-state index is 12.2. The summed E-state index contributed by atoms with van der Waals surface area (Å²) in [6.45, 7) is 6.20. The van der Waals surface area contributed by atoms with Gasteiger partial charge in [0.1, 0.15) is 0 Å². The first-order valence-electron chi connectivity index (χ1n) is 18.1. The van der Waals surface area contributed by atoms with E-state index in [4.69, 9.17) is 0 Å². The number of rotatable bonds is 24. The van der Waals surface area contributed by atoms with Crippen LogP contribution in [0.2, 0.25) is 0 Å². The van der Waals surface area contributed by atoms with Crippen LogP contribution in [-0.4, -0.2) is 22.7 Å². The zero-order valence-electron chi connectivity index (χ0n) is 28.8. The molecule has 0 unspecified atom stereocenters. The molecule has 0 saturated carbocycles. The average molecular weight is 655 g/mol. The van der Waals surface area contributed by atoms with Crippen LogP contribution in [0.3, 0.4) is 0 Å². The van der Waals surface area contributed by atoms with E-state index in [0.717, 1.165) is 46.5 Å². The predicted octanol–water partition coefficient (Wildman–Crippen LogP) is 12.0. The normalized spacial score (nSPS) is 11.0. The van der Waals surface area contributed by atoms with Crippen LogP contribution < -0.4 is 10.9 Å². The minimum Gasteiger partial charge on any atom is -0.352 e. The van der Waals surface area contributed by atoms with Crippen molar-refractivity contribution in [3.8, 4) is 0 Å². The van der Waals surface area contributed by atoms with E-state index in [0.29, 0.717) is 0 Å². The van der Waals surface area contributed by atoms with Crippen LogP contribution in [0.4, 0.5) is 0 Å². The van der Waals surface area contributed by atoms with Crippen molar-refractivity contribution in [3.05, 3.63) is 64.4 Å². The number of fused-ring (bicyclic) bond motifs is 1. The number of hydrogen-bond donors (Lipinski definition) is 1. The number of hydrogen-bond acceptors (Lipinski definition) is 4. The summed E-state index contributed by atoms with van der Waals surface area (Å²) in [6, 6.07) is 15.7. The molecule has 0 aliphatic carbocycles. The summed E-state index contributed by atoms with van der Waals surface area (Å²) >= 11 is 3.23. The second-order valence-electron chi connectivity index (χ2n) is 12.3. The molecule has 1 heterocycles. The van der Waals surface area contributed by atoms with Crippen LogP contribution in [0.25, 0.3) is 10.1 Å². The Morgan fingerprint density at radius 2 is 1.16 bits per heavy atom. The molecule has 252 valence electrons. The van der Waals surface area contributed by atoms with Gasteiger partial charge in [0.25, 0.3) is 11.5 Å². The van der Waals surface area contributed by atoms with E-state index < -0.39 is 0 Å². The minimum atomic E-state index is 0.0610. The lowest BCUT2D eigenvalue weighted by Crippen LogP contribution is -2.24. The van der Waals surface area contributed by atoms with Crippen molar-refractivity contribution in [3.63, 3.8) is 0 Å². The Bertz CT molecular complexity index is 1220. The zero-order valence-corrected chi connectivity index (χ0v) is 30.4. The molecule has 0 atom stereocenters. The van der Waals surface area contributed by atoms with E-state index in [1.54, 1.807) is 23.3 Å². The lowest BCUT2D eigenvalue weighted by Gasteiger charge is -2.08. The Balaban J connectivity index is 0.000000314. The summed E-state index contributed by atoms with van der Waals surface area (Å²) in [5, 5.41) is 3.92. The van der Waals surface area contributed by atoms with Gasteiger partial charge in [0.15, 0.2) is 0 Å². The Morgan fingerprint density at radius 1 is 0.667 bits per heavy atom. The predicted molar refractivity (Wildman–Crippen MR) is 200 cm³/mol. The molecule has 4 nitrogen and oxygen atoms in total. The van der Waals surface area contributed by atoms with Gasteiger partial charge < -0.3 is 5.32 Å². The van der Waals surface area contributed by atoms with Gasteiger partial charge in [0.2, 0.25) is 0 Å². The van der Waals surface area contributed by atoms with Crippen molar-refractivity contribution in [1.29, 1.82) is 0 Å². The second-order valence-corrected chi connectivity index (χ2v) is 14.2. The average Bonchev–Trinajstić information content (AvgIpc) is 3.39. The van der Waals surface area contributed by atoms with Crippen LogP contribution in [0.5, 0.6) is 0 Å². The Morgan fingerprint density at radius 3 is 1.71 bits per heavy atom. The molecule has 1 N–H and O–H groups in total. The van der Waals surface area contributed by atoms with E-state index in [-0.39, 0.29) is 11.5 Å². The van der Waals surface area contributed by atoms with Gasteiger partial charge in [-0.1, -0.05) is 165 Å². The van der Waals surface area contributed by atoms with Crippen LogP contribution in [0.1, 0.15) is 153 Å². The van der Waals surface area contributed by atoms with Gasteiger partial charge in [-0.25, -0.2) is 0 Å². The summed E-state index contributed by atoms with van der Waals surface area (Å²) in [5.41, 5.74) is 0.989.